The first kappa shape index (κ1) is 16.3. The van der Waals surface area contributed by atoms with Crippen LogP contribution in [-0.4, -0.2) is 4.98 Å². The van der Waals surface area contributed by atoms with E-state index >= 15 is 0 Å². The van der Waals surface area contributed by atoms with Crippen LogP contribution in [0.15, 0.2) is 48.5 Å². The third-order valence-corrected chi connectivity index (χ3v) is 4.67. The number of halogens is 2. The number of benzene rings is 2. The van der Waals surface area contributed by atoms with Crippen molar-refractivity contribution in [1.29, 1.82) is 0 Å². The quantitative estimate of drug-likeness (QED) is 0.459. The zero-order valence-electron chi connectivity index (χ0n) is 13.2. The molecule has 0 radical (unpaired) electrons. The topological polar surface area (TPSA) is 12.9 Å². The summed E-state index contributed by atoms with van der Waals surface area (Å²) in [4.78, 5) is 4.51. The average molecular weight is 344 g/mol. The summed E-state index contributed by atoms with van der Waals surface area (Å²) < 4.78 is 0. The van der Waals surface area contributed by atoms with E-state index in [4.69, 9.17) is 23.2 Å². The highest BCUT2D eigenvalue weighted by molar-refractivity contribution is 6.36. The summed E-state index contributed by atoms with van der Waals surface area (Å²) in [6.45, 7) is 2.06. The van der Waals surface area contributed by atoms with Gasteiger partial charge < -0.3 is 0 Å². The molecule has 1 aliphatic carbocycles. The first-order valence-corrected chi connectivity index (χ1v) is 8.68. The Hall–Kier alpha value is -1.57. The van der Waals surface area contributed by atoms with Crippen molar-refractivity contribution in [2.75, 3.05) is 0 Å². The molecule has 118 valence electrons. The van der Waals surface area contributed by atoms with Gasteiger partial charge in [0.1, 0.15) is 0 Å². The number of aromatic nitrogens is 1. The van der Waals surface area contributed by atoms with Gasteiger partial charge in [-0.15, -0.1) is 0 Å². The standard InChI is InChI=1S/C10H6Cl2.C10H13N/c11-8-4-5-9-7(6-8)2-1-3-10(9)12;1-8-6-7-9-4-2-3-5-10(9)11-8/h1-6H;6-7H,2-5H2,1H3. The number of nitrogens with zero attached hydrogens (tertiary/aromatic N) is 1. The largest absolute Gasteiger partial charge is 0.258 e. The Kier molecular flexibility index (Phi) is 5.20. The molecule has 0 fully saturated rings. The van der Waals surface area contributed by atoms with Crippen LogP contribution < -0.4 is 0 Å². The fourth-order valence-corrected chi connectivity index (χ4v) is 3.33. The van der Waals surface area contributed by atoms with E-state index in [2.05, 4.69) is 24.0 Å². The molecule has 0 saturated heterocycles. The highest BCUT2D eigenvalue weighted by Gasteiger charge is 2.09. The van der Waals surface area contributed by atoms with Gasteiger partial charge in [-0.05, 0) is 67.8 Å². The fraction of sp³-hybridized carbons (Fsp3) is 0.250. The molecule has 0 spiro atoms. The fourth-order valence-electron chi connectivity index (χ4n) is 2.91. The molecule has 4 rings (SSSR count). The van der Waals surface area contributed by atoms with Crippen LogP contribution in [0.1, 0.15) is 29.8 Å². The zero-order valence-corrected chi connectivity index (χ0v) is 14.7. The molecule has 3 aromatic rings. The molecule has 1 nitrogen and oxygen atoms in total. The van der Waals surface area contributed by atoms with E-state index in [-0.39, 0.29) is 0 Å². The van der Waals surface area contributed by atoms with Crippen molar-refractivity contribution in [3.63, 3.8) is 0 Å². The summed E-state index contributed by atoms with van der Waals surface area (Å²) >= 11 is 11.8. The van der Waals surface area contributed by atoms with Crippen LogP contribution >= 0.6 is 23.2 Å². The van der Waals surface area contributed by atoms with Crippen molar-refractivity contribution in [3.8, 4) is 0 Å². The lowest BCUT2D eigenvalue weighted by Gasteiger charge is -2.14. The van der Waals surface area contributed by atoms with Crippen LogP contribution in [0, 0.1) is 6.92 Å². The SMILES string of the molecule is Cc1ccc2c(n1)CCCC2.Clc1ccc2c(Cl)cccc2c1. The summed E-state index contributed by atoms with van der Waals surface area (Å²) in [5.41, 5.74) is 3.98. The first-order chi connectivity index (χ1) is 11.1. The normalized spacial score (nSPS) is 13.2. The van der Waals surface area contributed by atoms with Crippen LogP contribution in [0.4, 0.5) is 0 Å². The van der Waals surface area contributed by atoms with Gasteiger partial charge in [0.15, 0.2) is 0 Å². The smallest absolute Gasteiger partial charge is 0.0484 e. The Morgan fingerprint density at radius 1 is 0.913 bits per heavy atom. The van der Waals surface area contributed by atoms with E-state index in [1.807, 2.05) is 36.4 Å². The average Bonchev–Trinajstić information content (AvgIpc) is 2.55. The molecule has 2 aromatic carbocycles. The Bertz CT molecular complexity index is 827. The Morgan fingerprint density at radius 2 is 1.74 bits per heavy atom. The molecular weight excluding hydrogens is 325 g/mol. The molecule has 0 N–H and O–H groups in total. The lowest BCUT2D eigenvalue weighted by molar-refractivity contribution is 0.665. The summed E-state index contributed by atoms with van der Waals surface area (Å²) in [5.74, 6) is 0. The third-order valence-electron chi connectivity index (χ3n) is 4.11. The van der Waals surface area contributed by atoms with Gasteiger partial charge >= 0.3 is 0 Å². The number of pyridine rings is 1. The van der Waals surface area contributed by atoms with E-state index in [1.165, 1.54) is 36.9 Å². The summed E-state index contributed by atoms with van der Waals surface area (Å²) in [6, 6.07) is 15.8. The Labute approximate surface area is 147 Å². The highest BCUT2D eigenvalue weighted by atomic mass is 35.5. The van der Waals surface area contributed by atoms with Crippen LogP contribution in [-0.2, 0) is 12.8 Å². The maximum Gasteiger partial charge on any atom is 0.0484 e. The summed E-state index contributed by atoms with van der Waals surface area (Å²) in [7, 11) is 0. The van der Waals surface area contributed by atoms with Crippen molar-refractivity contribution in [2.45, 2.75) is 32.6 Å². The molecule has 3 heteroatoms. The maximum atomic E-state index is 5.97. The number of hydrogen-bond donors (Lipinski definition) is 0. The van der Waals surface area contributed by atoms with Gasteiger partial charge in [0, 0.05) is 26.8 Å². The van der Waals surface area contributed by atoms with Gasteiger partial charge in [0.25, 0.3) is 0 Å². The molecule has 1 aromatic heterocycles. The van der Waals surface area contributed by atoms with Crippen molar-refractivity contribution in [3.05, 3.63) is 75.5 Å². The van der Waals surface area contributed by atoms with Crippen LogP contribution in [0.5, 0.6) is 0 Å². The minimum atomic E-state index is 0.741. The number of aryl methyl sites for hydroxylation is 3. The van der Waals surface area contributed by atoms with Crippen molar-refractivity contribution >= 4 is 34.0 Å². The molecule has 0 saturated carbocycles. The second-order valence-corrected chi connectivity index (χ2v) is 6.71. The van der Waals surface area contributed by atoms with Crippen LogP contribution in [0.2, 0.25) is 10.0 Å². The molecule has 0 aliphatic heterocycles. The van der Waals surface area contributed by atoms with Crippen molar-refractivity contribution in [1.82, 2.24) is 4.98 Å². The number of fused-ring (bicyclic) bond motifs is 2. The molecular formula is C20H19Cl2N. The predicted octanol–water partition coefficient (Wildman–Crippen LogP) is 6.42. The second kappa shape index (κ2) is 7.33. The van der Waals surface area contributed by atoms with Crippen molar-refractivity contribution < 1.29 is 0 Å². The van der Waals surface area contributed by atoms with E-state index in [0.29, 0.717) is 0 Å². The monoisotopic (exact) mass is 343 g/mol. The molecule has 23 heavy (non-hydrogen) atoms. The third kappa shape index (κ3) is 4.04. The molecule has 0 atom stereocenters. The predicted molar refractivity (Wildman–Crippen MR) is 99.6 cm³/mol. The maximum absolute atomic E-state index is 5.97. The van der Waals surface area contributed by atoms with E-state index in [1.54, 1.807) is 0 Å². The lowest BCUT2D eigenvalue weighted by Crippen LogP contribution is -2.05. The lowest BCUT2D eigenvalue weighted by atomic mass is 9.96. The van der Waals surface area contributed by atoms with Gasteiger partial charge in [-0.3, -0.25) is 4.98 Å². The van der Waals surface area contributed by atoms with E-state index in [0.717, 1.165) is 26.5 Å². The minimum absolute atomic E-state index is 0.741. The highest BCUT2D eigenvalue weighted by Crippen LogP contribution is 2.25. The van der Waals surface area contributed by atoms with Gasteiger partial charge in [0.05, 0.1) is 0 Å². The van der Waals surface area contributed by atoms with Gasteiger partial charge in [-0.1, -0.05) is 47.5 Å². The van der Waals surface area contributed by atoms with Crippen LogP contribution in [0.3, 0.4) is 0 Å². The first-order valence-electron chi connectivity index (χ1n) is 7.93. The number of hydrogen-bond acceptors (Lipinski definition) is 1. The van der Waals surface area contributed by atoms with Crippen molar-refractivity contribution in [2.24, 2.45) is 0 Å². The molecule has 1 aliphatic rings. The molecule has 0 unspecified atom stereocenters. The molecule has 0 amide bonds. The summed E-state index contributed by atoms with van der Waals surface area (Å²) in [5, 5.41) is 3.63. The van der Waals surface area contributed by atoms with Crippen LogP contribution in [0.25, 0.3) is 10.8 Å². The van der Waals surface area contributed by atoms with E-state index in [9.17, 15) is 0 Å². The van der Waals surface area contributed by atoms with Gasteiger partial charge in [-0.25, -0.2) is 0 Å². The number of rotatable bonds is 0. The van der Waals surface area contributed by atoms with E-state index < -0.39 is 0 Å². The van der Waals surface area contributed by atoms with Gasteiger partial charge in [0.2, 0.25) is 0 Å². The Morgan fingerprint density at radius 3 is 2.61 bits per heavy atom. The minimum Gasteiger partial charge on any atom is -0.258 e. The second-order valence-electron chi connectivity index (χ2n) is 5.87. The molecule has 1 heterocycles. The molecule has 0 bridgehead atoms. The van der Waals surface area contributed by atoms with Gasteiger partial charge in [-0.2, -0.15) is 0 Å². The zero-order chi connectivity index (χ0) is 16.2. The Balaban J connectivity index is 0.000000136. The summed E-state index contributed by atoms with van der Waals surface area (Å²) in [6.07, 6.45) is 5.10.